The number of amides is 1. The zero-order valence-electron chi connectivity index (χ0n) is 10.6. The zero-order chi connectivity index (χ0) is 13.2. The highest BCUT2D eigenvalue weighted by molar-refractivity contribution is 5.78. The molecule has 0 aliphatic rings. The summed E-state index contributed by atoms with van der Waals surface area (Å²) < 4.78 is 5.03. The molecule has 0 fully saturated rings. The van der Waals surface area contributed by atoms with Gasteiger partial charge in [-0.15, -0.1) is 0 Å². The minimum Gasteiger partial charge on any atom is -0.445 e. The lowest BCUT2D eigenvalue weighted by Crippen LogP contribution is -2.25. The second-order valence-corrected chi connectivity index (χ2v) is 3.98. The summed E-state index contributed by atoms with van der Waals surface area (Å²) in [4.78, 5) is 22.3. The largest absolute Gasteiger partial charge is 0.445 e. The Morgan fingerprint density at radius 1 is 1.22 bits per heavy atom. The smallest absolute Gasteiger partial charge is 0.407 e. The van der Waals surface area contributed by atoms with Gasteiger partial charge in [-0.2, -0.15) is 0 Å². The van der Waals surface area contributed by atoms with Gasteiger partial charge in [-0.3, -0.25) is 4.79 Å². The molecule has 1 aromatic rings. The van der Waals surface area contributed by atoms with Crippen LogP contribution >= 0.6 is 0 Å². The number of benzene rings is 1. The van der Waals surface area contributed by atoms with Crippen LogP contribution in [0.15, 0.2) is 30.3 Å². The molecule has 0 spiro atoms. The minimum atomic E-state index is -0.442. The molecular formula is C14H19NO3. The number of hydrogen-bond donors (Lipinski definition) is 1. The van der Waals surface area contributed by atoms with E-state index in [2.05, 4.69) is 5.32 Å². The lowest BCUT2D eigenvalue weighted by atomic mass is 10.2. The van der Waals surface area contributed by atoms with Crippen LogP contribution in [0.4, 0.5) is 4.79 Å². The van der Waals surface area contributed by atoms with Gasteiger partial charge in [0.15, 0.2) is 0 Å². The van der Waals surface area contributed by atoms with Gasteiger partial charge < -0.3 is 10.1 Å². The van der Waals surface area contributed by atoms with Crippen LogP contribution in [0.3, 0.4) is 0 Å². The maximum Gasteiger partial charge on any atom is 0.407 e. The number of carbonyl (C=O) groups is 2. The maximum absolute atomic E-state index is 11.3. The Morgan fingerprint density at radius 3 is 2.61 bits per heavy atom. The summed E-state index contributed by atoms with van der Waals surface area (Å²) in [5.41, 5.74) is 0.953. The number of nitrogens with one attached hydrogen (secondary N) is 1. The van der Waals surface area contributed by atoms with Gasteiger partial charge in [-0.1, -0.05) is 37.3 Å². The molecule has 4 heteroatoms. The molecule has 18 heavy (non-hydrogen) atoms. The van der Waals surface area contributed by atoms with Gasteiger partial charge in [0.25, 0.3) is 0 Å². The number of ether oxygens (including phenoxy) is 1. The van der Waals surface area contributed by atoms with Crippen LogP contribution in [0.25, 0.3) is 0 Å². The first kappa shape index (κ1) is 14.2. The van der Waals surface area contributed by atoms with Gasteiger partial charge in [-0.05, 0) is 12.0 Å². The molecule has 0 bridgehead atoms. The summed E-state index contributed by atoms with van der Waals surface area (Å²) in [5, 5.41) is 2.62. The molecule has 1 amide bonds. The first-order chi connectivity index (χ1) is 8.72. The molecule has 1 rings (SSSR count). The third-order valence-corrected chi connectivity index (χ3v) is 2.51. The van der Waals surface area contributed by atoms with Crippen molar-refractivity contribution in [2.75, 3.05) is 6.54 Å². The van der Waals surface area contributed by atoms with Crippen LogP contribution in [-0.2, 0) is 16.1 Å². The van der Waals surface area contributed by atoms with Gasteiger partial charge >= 0.3 is 6.09 Å². The fraction of sp³-hybridized carbons (Fsp3) is 0.429. The van der Waals surface area contributed by atoms with E-state index >= 15 is 0 Å². The van der Waals surface area contributed by atoms with Crippen molar-refractivity contribution in [1.82, 2.24) is 5.32 Å². The van der Waals surface area contributed by atoms with Crippen molar-refractivity contribution in [2.24, 2.45) is 0 Å². The number of ketones is 1. The van der Waals surface area contributed by atoms with E-state index in [-0.39, 0.29) is 12.4 Å². The Bertz CT molecular complexity index is 376. The van der Waals surface area contributed by atoms with E-state index in [1.165, 1.54) is 0 Å². The highest BCUT2D eigenvalue weighted by Gasteiger charge is 2.02. The first-order valence-electron chi connectivity index (χ1n) is 6.18. The zero-order valence-corrected chi connectivity index (χ0v) is 10.6. The molecule has 0 unspecified atom stereocenters. The third-order valence-electron chi connectivity index (χ3n) is 2.51. The van der Waals surface area contributed by atoms with Crippen molar-refractivity contribution >= 4 is 11.9 Å². The molecule has 0 radical (unpaired) electrons. The van der Waals surface area contributed by atoms with Crippen molar-refractivity contribution in [3.8, 4) is 0 Å². The lowest BCUT2D eigenvalue weighted by molar-refractivity contribution is -0.118. The monoisotopic (exact) mass is 249 g/mol. The molecule has 98 valence electrons. The molecule has 0 heterocycles. The fourth-order valence-electron chi connectivity index (χ4n) is 1.43. The number of rotatable bonds is 7. The predicted octanol–water partition coefficient (Wildman–Crippen LogP) is 2.67. The molecule has 0 saturated carbocycles. The summed E-state index contributed by atoms with van der Waals surface area (Å²) in [5.74, 6) is 0.217. The summed E-state index contributed by atoms with van der Waals surface area (Å²) in [6.45, 7) is 2.57. The number of Topliss-reactive ketones (excluding diaryl/α,β-unsaturated/α-hetero) is 1. The first-order valence-corrected chi connectivity index (χ1v) is 6.18. The van der Waals surface area contributed by atoms with Crippen molar-refractivity contribution < 1.29 is 14.3 Å². The normalized spacial score (nSPS) is 9.83. The Kier molecular flexibility index (Phi) is 6.54. The summed E-state index contributed by atoms with van der Waals surface area (Å²) in [6, 6.07) is 9.49. The minimum absolute atomic E-state index is 0.217. The van der Waals surface area contributed by atoms with Gasteiger partial charge in [0, 0.05) is 19.4 Å². The average molecular weight is 249 g/mol. The quantitative estimate of drug-likeness (QED) is 0.756. The number of hydrogen-bond acceptors (Lipinski definition) is 3. The van der Waals surface area contributed by atoms with E-state index < -0.39 is 6.09 Å². The molecule has 0 aliphatic heterocycles. The highest BCUT2D eigenvalue weighted by atomic mass is 16.5. The van der Waals surface area contributed by atoms with Crippen LogP contribution in [-0.4, -0.2) is 18.4 Å². The lowest BCUT2D eigenvalue weighted by Gasteiger charge is -2.06. The second kappa shape index (κ2) is 8.28. The molecule has 0 aromatic heterocycles. The molecule has 1 aromatic carbocycles. The van der Waals surface area contributed by atoms with E-state index in [9.17, 15) is 9.59 Å². The highest BCUT2D eigenvalue weighted by Crippen LogP contribution is 2.00. The fourth-order valence-corrected chi connectivity index (χ4v) is 1.43. The van der Waals surface area contributed by atoms with Crippen molar-refractivity contribution in [1.29, 1.82) is 0 Å². The molecular weight excluding hydrogens is 230 g/mol. The van der Waals surface area contributed by atoms with E-state index in [1.807, 2.05) is 37.3 Å². The Morgan fingerprint density at radius 2 is 1.94 bits per heavy atom. The van der Waals surface area contributed by atoms with Crippen molar-refractivity contribution in [3.05, 3.63) is 35.9 Å². The van der Waals surface area contributed by atoms with Gasteiger partial charge in [0.2, 0.25) is 0 Å². The standard InChI is InChI=1S/C14H19NO3/c1-2-13(16)9-6-10-15-14(17)18-11-12-7-4-3-5-8-12/h3-5,7-8H,2,6,9-11H2,1H3,(H,15,17). The Labute approximate surface area is 107 Å². The van der Waals surface area contributed by atoms with E-state index in [0.717, 1.165) is 5.56 Å². The summed E-state index contributed by atoms with van der Waals surface area (Å²) in [7, 11) is 0. The van der Waals surface area contributed by atoms with E-state index in [4.69, 9.17) is 4.74 Å². The molecule has 0 atom stereocenters. The van der Waals surface area contributed by atoms with Crippen LogP contribution in [0.5, 0.6) is 0 Å². The Balaban J connectivity index is 2.09. The van der Waals surface area contributed by atoms with E-state index in [0.29, 0.717) is 25.8 Å². The van der Waals surface area contributed by atoms with Crippen LogP contribution < -0.4 is 5.32 Å². The summed E-state index contributed by atoms with van der Waals surface area (Å²) >= 11 is 0. The van der Waals surface area contributed by atoms with Gasteiger partial charge in [-0.25, -0.2) is 4.79 Å². The molecule has 4 nitrogen and oxygen atoms in total. The van der Waals surface area contributed by atoms with Crippen molar-refractivity contribution in [2.45, 2.75) is 32.8 Å². The molecule has 1 N–H and O–H groups in total. The SMILES string of the molecule is CCC(=O)CCCNC(=O)OCc1ccccc1. The Hall–Kier alpha value is -1.84. The predicted molar refractivity (Wildman–Crippen MR) is 69.2 cm³/mol. The maximum atomic E-state index is 11.3. The average Bonchev–Trinajstić information content (AvgIpc) is 2.42. The van der Waals surface area contributed by atoms with Gasteiger partial charge in [0.05, 0.1) is 0 Å². The molecule has 0 saturated heterocycles. The third kappa shape index (κ3) is 6.03. The van der Waals surface area contributed by atoms with Gasteiger partial charge in [0.1, 0.15) is 12.4 Å². The summed E-state index contributed by atoms with van der Waals surface area (Å²) in [6.07, 6.45) is 1.28. The molecule has 0 aliphatic carbocycles. The van der Waals surface area contributed by atoms with Crippen LogP contribution in [0.2, 0.25) is 0 Å². The van der Waals surface area contributed by atoms with Crippen LogP contribution in [0.1, 0.15) is 31.7 Å². The number of alkyl carbamates (subject to hydrolysis) is 1. The van der Waals surface area contributed by atoms with Crippen molar-refractivity contribution in [3.63, 3.8) is 0 Å². The second-order valence-electron chi connectivity index (χ2n) is 3.98. The van der Waals surface area contributed by atoms with Crippen LogP contribution in [0, 0.1) is 0 Å². The van der Waals surface area contributed by atoms with E-state index in [1.54, 1.807) is 0 Å². The number of carbonyl (C=O) groups excluding carboxylic acids is 2. The topological polar surface area (TPSA) is 55.4 Å².